The Morgan fingerprint density at radius 1 is 1.00 bits per heavy atom. The van der Waals surface area contributed by atoms with Gasteiger partial charge in [0, 0.05) is 5.69 Å². The van der Waals surface area contributed by atoms with Crippen LogP contribution in [-0.2, 0) is 0 Å². The van der Waals surface area contributed by atoms with Gasteiger partial charge in [0.2, 0.25) is 0 Å². The Kier molecular flexibility index (Phi) is 3.93. The molecule has 0 unspecified atom stereocenters. The number of benzene rings is 2. The number of phenols is 1. The molecule has 1 amide bonds. The van der Waals surface area contributed by atoms with Crippen LogP contribution in [-0.4, -0.2) is 22.1 Å². The Bertz CT molecular complexity index is 722. The van der Waals surface area contributed by atoms with Gasteiger partial charge in [0.15, 0.2) is 0 Å². The maximum atomic E-state index is 12.1. The maximum Gasteiger partial charge on any atom is 0.336 e. The average Bonchev–Trinajstić information content (AvgIpc) is 2.43. The fraction of sp³-hybridized carbons (Fsp3) is 0.125. The highest BCUT2D eigenvalue weighted by atomic mass is 16.4. The van der Waals surface area contributed by atoms with Gasteiger partial charge in [-0.3, -0.25) is 4.79 Å². The van der Waals surface area contributed by atoms with Crippen molar-refractivity contribution in [2.45, 2.75) is 13.8 Å². The molecule has 0 aliphatic rings. The SMILES string of the molecule is Cc1ccc(NC(=O)c2cccc(C)c2O)cc1C(=O)O. The number of amides is 1. The van der Waals surface area contributed by atoms with Crippen molar-refractivity contribution in [1.29, 1.82) is 0 Å². The predicted octanol–water partition coefficient (Wildman–Crippen LogP) is 2.96. The molecule has 108 valence electrons. The van der Waals surface area contributed by atoms with Crippen molar-refractivity contribution >= 4 is 17.6 Å². The first-order valence-corrected chi connectivity index (χ1v) is 6.34. The first-order chi connectivity index (χ1) is 9.90. The Morgan fingerprint density at radius 2 is 1.71 bits per heavy atom. The van der Waals surface area contributed by atoms with E-state index in [2.05, 4.69) is 5.32 Å². The van der Waals surface area contributed by atoms with Gasteiger partial charge < -0.3 is 15.5 Å². The van der Waals surface area contributed by atoms with E-state index in [0.29, 0.717) is 16.8 Å². The van der Waals surface area contributed by atoms with Crippen LogP contribution in [0.1, 0.15) is 31.8 Å². The molecule has 21 heavy (non-hydrogen) atoms. The normalized spacial score (nSPS) is 10.2. The van der Waals surface area contributed by atoms with E-state index >= 15 is 0 Å². The molecule has 0 saturated carbocycles. The molecule has 0 aliphatic carbocycles. The Morgan fingerprint density at radius 3 is 2.38 bits per heavy atom. The van der Waals surface area contributed by atoms with Gasteiger partial charge in [-0.25, -0.2) is 4.79 Å². The highest BCUT2D eigenvalue weighted by Gasteiger charge is 2.14. The lowest BCUT2D eigenvalue weighted by Gasteiger charge is -2.10. The van der Waals surface area contributed by atoms with Gasteiger partial charge in [-0.1, -0.05) is 18.2 Å². The molecule has 2 aromatic carbocycles. The summed E-state index contributed by atoms with van der Waals surface area (Å²) in [7, 11) is 0. The zero-order chi connectivity index (χ0) is 15.6. The van der Waals surface area contributed by atoms with Crippen LogP contribution in [0.3, 0.4) is 0 Å². The first-order valence-electron chi connectivity index (χ1n) is 6.34. The molecule has 5 heteroatoms. The number of nitrogens with one attached hydrogen (secondary N) is 1. The second kappa shape index (κ2) is 5.66. The molecule has 0 spiro atoms. The van der Waals surface area contributed by atoms with Gasteiger partial charge in [0.1, 0.15) is 5.75 Å². The predicted molar refractivity (Wildman–Crippen MR) is 78.9 cm³/mol. The molecule has 5 nitrogen and oxygen atoms in total. The number of carbonyl (C=O) groups is 2. The third-order valence-corrected chi connectivity index (χ3v) is 3.21. The second-order valence-electron chi connectivity index (χ2n) is 4.76. The molecule has 0 heterocycles. The number of rotatable bonds is 3. The summed E-state index contributed by atoms with van der Waals surface area (Å²) in [6.45, 7) is 3.38. The van der Waals surface area contributed by atoms with Crippen LogP contribution in [0.15, 0.2) is 36.4 Å². The lowest BCUT2D eigenvalue weighted by atomic mass is 10.1. The van der Waals surface area contributed by atoms with E-state index in [1.54, 1.807) is 38.1 Å². The van der Waals surface area contributed by atoms with Crippen LogP contribution in [0.2, 0.25) is 0 Å². The average molecular weight is 285 g/mol. The number of hydrogen-bond acceptors (Lipinski definition) is 3. The minimum absolute atomic E-state index is 0.0828. The summed E-state index contributed by atoms with van der Waals surface area (Å²) >= 11 is 0. The molecule has 0 saturated heterocycles. The monoisotopic (exact) mass is 285 g/mol. The Labute approximate surface area is 121 Å². The summed E-state index contributed by atoms with van der Waals surface area (Å²) in [6.07, 6.45) is 0. The van der Waals surface area contributed by atoms with Crippen molar-refractivity contribution in [3.63, 3.8) is 0 Å². The quantitative estimate of drug-likeness (QED) is 0.809. The number of carboxylic acids is 1. The van der Waals surface area contributed by atoms with Gasteiger partial charge in [0.05, 0.1) is 11.1 Å². The number of carboxylic acid groups (broad SMARTS) is 1. The summed E-state index contributed by atoms with van der Waals surface area (Å²) in [5.41, 5.74) is 1.84. The molecular weight excluding hydrogens is 270 g/mol. The van der Waals surface area contributed by atoms with Crippen molar-refractivity contribution in [1.82, 2.24) is 0 Å². The molecule has 0 aliphatic heterocycles. The molecule has 3 N–H and O–H groups in total. The zero-order valence-corrected chi connectivity index (χ0v) is 11.7. The standard InChI is InChI=1S/C16H15NO4/c1-9-6-7-11(8-13(9)16(20)21)17-15(19)12-5-3-4-10(2)14(12)18/h3-8,18H,1-2H3,(H,17,19)(H,20,21). The van der Waals surface area contributed by atoms with E-state index in [-0.39, 0.29) is 16.9 Å². The molecule has 2 aromatic rings. The number of aromatic carboxylic acids is 1. The van der Waals surface area contributed by atoms with E-state index in [4.69, 9.17) is 5.11 Å². The number of phenolic OH excluding ortho intramolecular Hbond substituents is 1. The van der Waals surface area contributed by atoms with Crippen LogP contribution >= 0.6 is 0 Å². The van der Waals surface area contributed by atoms with Crippen molar-refractivity contribution in [3.05, 3.63) is 58.7 Å². The molecule has 0 bridgehead atoms. The van der Waals surface area contributed by atoms with Gasteiger partial charge >= 0.3 is 5.97 Å². The van der Waals surface area contributed by atoms with E-state index in [1.165, 1.54) is 12.1 Å². The number of para-hydroxylation sites is 1. The number of aromatic hydroxyl groups is 1. The van der Waals surface area contributed by atoms with Crippen LogP contribution < -0.4 is 5.32 Å². The fourth-order valence-corrected chi connectivity index (χ4v) is 1.97. The molecular formula is C16H15NO4. The molecule has 0 atom stereocenters. The van der Waals surface area contributed by atoms with Crippen molar-refractivity contribution in [3.8, 4) is 5.75 Å². The highest BCUT2D eigenvalue weighted by molar-refractivity contribution is 6.06. The summed E-state index contributed by atoms with van der Waals surface area (Å²) in [5.74, 6) is -1.63. The van der Waals surface area contributed by atoms with Gasteiger partial charge in [-0.15, -0.1) is 0 Å². The van der Waals surface area contributed by atoms with E-state index in [1.807, 2.05) is 0 Å². The van der Waals surface area contributed by atoms with E-state index < -0.39 is 11.9 Å². The Hall–Kier alpha value is -2.82. The largest absolute Gasteiger partial charge is 0.507 e. The van der Waals surface area contributed by atoms with Crippen LogP contribution in [0, 0.1) is 13.8 Å². The van der Waals surface area contributed by atoms with Crippen molar-refractivity contribution in [2.24, 2.45) is 0 Å². The summed E-state index contributed by atoms with van der Waals surface area (Å²) < 4.78 is 0. The smallest absolute Gasteiger partial charge is 0.336 e. The third kappa shape index (κ3) is 3.02. The van der Waals surface area contributed by atoms with Crippen LogP contribution in [0.4, 0.5) is 5.69 Å². The highest BCUT2D eigenvalue weighted by Crippen LogP contribution is 2.23. The van der Waals surface area contributed by atoms with Crippen molar-refractivity contribution in [2.75, 3.05) is 5.32 Å². The second-order valence-corrected chi connectivity index (χ2v) is 4.76. The molecule has 0 radical (unpaired) electrons. The lowest BCUT2D eigenvalue weighted by molar-refractivity contribution is 0.0695. The molecule has 0 fully saturated rings. The van der Waals surface area contributed by atoms with Gasteiger partial charge in [-0.05, 0) is 43.2 Å². The minimum Gasteiger partial charge on any atom is -0.507 e. The maximum absolute atomic E-state index is 12.1. The van der Waals surface area contributed by atoms with Gasteiger partial charge in [0.25, 0.3) is 5.91 Å². The number of carbonyl (C=O) groups excluding carboxylic acids is 1. The van der Waals surface area contributed by atoms with Crippen molar-refractivity contribution < 1.29 is 19.8 Å². The van der Waals surface area contributed by atoms with E-state index in [9.17, 15) is 14.7 Å². The lowest BCUT2D eigenvalue weighted by Crippen LogP contribution is -2.13. The third-order valence-electron chi connectivity index (χ3n) is 3.21. The number of anilines is 1. The van der Waals surface area contributed by atoms with Gasteiger partial charge in [-0.2, -0.15) is 0 Å². The summed E-state index contributed by atoms with van der Waals surface area (Å²) in [6, 6.07) is 9.50. The van der Waals surface area contributed by atoms with E-state index in [0.717, 1.165) is 0 Å². The molecule has 0 aromatic heterocycles. The molecule has 2 rings (SSSR count). The zero-order valence-electron chi connectivity index (χ0n) is 11.7. The fourth-order valence-electron chi connectivity index (χ4n) is 1.97. The first kappa shape index (κ1) is 14.6. The summed E-state index contributed by atoms with van der Waals surface area (Å²) in [5, 5.41) is 21.5. The number of hydrogen-bond donors (Lipinski definition) is 3. The van der Waals surface area contributed by atoms with Crippen LogP contribution in [0.25, 0.3) is 0 Å². The van der Waals surface area contributed by atoms with Crippen LogP contribution in [0.5, 0.6) is 5.75 Å². The Balaban J connectivity index is 2.30. The summed E-state index contributed by atoms with van der Waals surface area (Å²) in [4.78, 5) is 23.2. The minimum atomic E-state index is -1.05. The number of aryl methyl sites for hydroxylation is 2. The topological polar surface area (TPSA) is 86.6 Å².